The van der Waals surface area contributed by atoms with Gasteiger partial charge in [0.25, 0.3) is 10.8 Å². The van der Waals surface area contributed by atoms with Crippen LogP contribution in [-0.4, -0.2) is 45.1 Å². The Kier molecular flexibility index (Phi) is 5.96. The van der Waals surface area contributed by atoms with Gasteiger partial charge in [0, 0.05) is 25.7 Å². The number of thioether (sulfide) groups is 1. The number of hydrogen-bond donors (Lipinski definition) is 1. The van der Waals surface area contributed by atoms with Crippen molar-refractivity contribution in [2.24, 2.45) is 14.1 Å². The van der Waals surface area contributed by atoms with E-state index in [9.17, 15) is 14.4 Å². The maximum atomic E-state index is 12.6. The van der Waals surface area contributed by atoms with E-state index >= 15 is 0 Å². The first-order chi connectivity index (χ1) is 14.3. The molecule has 0 saturated carbocycles. The molecule has 0 aliphatic carbocycles. The average molecular weight is 433 g/mol. The fraction of sp³-hybridized carbons (Fsp3) is 0.278. The number of Topliss-reactive ketones (excluding diaryl/α,β-unsaturated/α-hetero) is 1. The highest BCUT2D eigenvalue weighted by Crippen LogP contribution is 2.30. The minimum atomic E-state index is -0.754. The highest BCUT2D eigenvalue weighted by molar-refractivity contribution is 7.99. The number of nitrogens with zero attached hydrogens (tertiary/aromatic N) is 4. The lowest BCUT2D eigenvalue weighted by Crippen LogP contribution is -2.41. The smallest absolute Gasteiger partial charge is 0.332 e. The highest BCUT2D eigenvalue weighted by Gasteiger charge is 2.21. The van der Waals surface area contributed by atoms with Crippen LogP contribution in [0.15, 0.2) is 37.4 Å². The van der Waals surface area contributed by atoms with Gasteiger partial charge >= 0.3 is 5.69 Å². The van der Waals surface area contributed by atoms with Crippen LogP contribution in [0.2, 0.25) is 0 Å². The van der Waals surface area contributed by atoms with Crippen molar-refractivity contribution >= 4 is 23.4 Å². The number of methoxy groups -OCH3 is 2. The van der Waals surface area contributed by atoms with E-state index in [-0.39, 0.29) is 28.2 Å². The molecule has 30 heavy (non-hydrogen) atoms. The molecule has 3 aromatic rings. The van der Waals surface area contributed by atoms with Crippen LogP contribution in [0.5, 0.6) is 11.5 Å². The molecule has 0 atom stereocenters. The number of nitrogen functional groups attached to an aromatic ring is 1. The molecule has 0 unspecified atom stereocenters. The third-order valence-corrected chi connectivity index (χ3v) is 5.14. The molecule has 2 aromatic heterocycles. The van der Waals surface area contributed by atoms with Gasteiger partial charge in [-0.3, -0.25) is 18.7 Å². The van der Waals surface area contributed by atoms with Crippen LogP contribution >= 0.6 is 11.8 Å². The molecule has 2 heterocycles. The van der Waals surface area contributed by atoms with E-state index in [1.807, 2.05) is 0 Å². The summed E-state index contributed by atoms with van der Waals surface area (Å²) >= 11 is 0.949. The van der Waals surface area contributed by atoms with Crippen LogP contribution in [0.3, 0.4) is 0 Å². The summed E-state index contributed by atoms with van der Waals surface area (Å²) in [5.41, 5.74) is 4.75. The Morgan fingerprint density at radius 3 is 2.33 bits per heavy atom. The van der Waals surface area contributed by atoms with Crippen LogP contribution in [-0.2, 0) is 14.1 Å². The molecular weight excluding hydrogens is 414 g/mol. The summed E-state index contributed by atoms with van der Waals surface area (Å²) in [6, 6.07) is 5.10. The van der Waals surface area contributed by atoms with E-state index in [0.717, 1.165) is 20.9 Å². The number of ketones is 1. The minimum Gasteiger partial charge on any atom is -0.497 e. The molecule has 12 heteroatoms. The Labute approximate surface area is 174 Å². The van der Waals surface area contributed by atoms with Crippen molar-refractivity contribution in [2.45, 2.75) is 5.22 Å². The number of ether oxygens (including phenoxy) is 2. The lowest BCUT2D eigenvalue weighted by atomic mass is 10.2. The first kappa shape index (κ1) is 21.2. The Hall–Kier alpha value is -3.54. The van der Waals surface area contributed by atoms with Crippen molar-refractivity contribution in [1.82, 2.24) is 19.3 Å². The van der Waals surface area contributed by atoms with Gasteiger partial charge in [-0.05, 0) is 12.1 Å². The molecule has 0 radical (unpaired) electrons. The third-order valence-electron chi connectivity index (χ3n) is 4.32. The van der Waals surface area contributed by atoms with Crippen molar-refractivity contribution in [3.05, 3.63) is 44.6 Å². The number of carbonyl (C=O) groups excluding carboxylic acids is 1. The van der Waals surface area contributed by atoms with E-state index in [1.54, 1.807) is 18.2 Å². The molecule has 0 aliphatic heterocycles. The molecule has 0 saturated heterocycles. The van der Waals surface area contributed by atoms with Crippen molar-refractivity contribution < 1.29 is 18.7 Å². The Bertz CT molecular complexity index is 1210. The number of anilines is 1. The molecule has 0 bridgehead atoms. The molecule has 2 N–H and O–H groups in total. The lowest BCUT2D eigenvalue weighted by Gasteiger charge is -2.10. The number of aromatic nitrogens is 4. The zero-order chi connectivity index (χ0) is 22.0. The van der Waals surface area contributed by atoms with Gasteiger partial charge in [-0.1, -0.05) is 11.8 Å². The number of rotatable bonds is 7. The molecule has 0 amide bonds. The predicted molar refractivity (Wildman–Crippen MR) is 109 cm³/mol. The van der Waals surface area contributed by atoms with Gasteiger partial charge in [0.2, 0.25) is 5.89 Å². The van der Waals surface area contributed by atoms with Crippen molar-refractivity contribution in [3.63, 3.8) is 0 Å². The zero-order valence-electron chi connectivity index (χ0n) is 16.7. The van der Waals surface area contributed by atoms with E-state index in [1.165, 1.54) is 28.3 Å². The normalized spacial score (nSPS) is 10.8. The molecule has 0 fully saturated rings. The Morgan fingerprint density at radius 1 is 1.10 bits per heavy atom. The fourth-order valence-corrected chi connectivity index (χ4v) is 3.27. The van der Waals surface area contributed by atoms with Crippen LogP contribution < -0.4 is 26.5 Å². The van der Waals surface area contributed by atoms with Crippen LogP contribution in [0.4, 0.5) is 5.82 Å². The summed E-state index contributed by atoms with van der Waals surface area (Å²) in [4.78, 5) is 36.7. The standard InChI is InChI=1S/C18H19N5O6S/c1-22-14(19)13(16(25)23(2)18(22)26)12(24)8-30-17-21-20-15(29-17)9-5-10(27-3)7-11(6-9)28-4/h5-7H,8,19H2,1-4H3. The number of nitrogens with two attached hydrogens (primary N) is 1. The third kappa shape index (κ3) is 3.94. The average Bonchev–Trinajstić information content (AvgIpc) is 3.23. The molecule has 0 spiro atoms. The largest absolute Gasteiger partial charge is 0.497 e. The number of benzene rings is 1. The summed E-state index contributed by atoms with van der Waals surface area (Å²) in [5, 5.41) is 8.00. The molecule has 11 nitrogen and oxygen atoms in total. The van der Waals surface area contributed by atoms with Crippen LogP contribution in [0.1, 0.15) is 10.4 Å². The Balaban J connectivity index is 1.81. The summed E-state index contributed by atoms with van der Waals surface area (Å²) < 4.78 is 17.9. The summed E-state index contributed by atoms with van der Waals surface area (Å²) in [5.74, 6) is 0.376. The predicted octanol–water partition coefficient (Wildman–Crippen LogP) is 0.708. The van der Waals surface area contributed by atoms with E-state index in [2.05, 4.69) is 10.2 Å². The monoisotopic (exact) mass is 433 g/mol. The van der Waals surface area contributed by atoms with E-state index in [0.29, 0.717) is 17.1 Å². The van der Waals surface area contributed by atoms with Gasteiger partial charge in [-0.15, -0.1) is 10.2 Å². The summed E-state index contributed by atoms with van der Waals surface area (Å²) in [7, 11) is 5.71. The zero-order valence-corrected chi connectivity index (χ0v) is 17.5. The highest BCUT2D eigenvalue weighted by atomic mass is 32.2. The first-order valence-corrected chi connectivity index (χ1v) is 9.53. The van der Waals surface area contributed by atoms with E-state index in [4.69, 9.17) is 19.6 Å². The van der Waals surface area contributed by atoms with Gasteiger partial charge < -0.3 is 19.6 Å². The van der Waals surface area contributed by atoms with Gasteiger partial charge in [0.1, 0.15) is 22.9 Å². The molecule has 1 aromatic carbocycles. The maximum absolute atomic E-state index is 12.6. The topological polar surface area (TPSA) is 144 Å². The minimum absolute atomic E-state index is 0.125. The first-order valence-electron chi connectivity index (χ1n) is 8.55. The Morgan fingerprint density at radius 2 is 1.73 bits per heavy atom. The van der Waals surface area contributed by atoms with Crippen LogP contribution in [0, 0.1) is 0 Å². The van der Waals surface area contributed by atoms with Crippen molar-refractivity contribution in [2.75, 3.05) is 25.7 Å². The second kappa shape index (κ2) is 8.45. The number of carbonyl (C=O) groups is 1. The van der Waals surface area contributed by atoms with Gasteiger partial charge in [-0.2, -0.15) is 0 Å². The summed E-state index contributed by atoms with van der Waals surface area (Å²) in [6.45, 7) is 0. The van der Waals surface area contributed by atoms with Gasteiger partial charge in [-0.25, -0.2) is 4.79 Å². The van der Waals surface area contributed by atoms with Gasteiger partial charge in [0.05, 0.1) is 20.0 Å². The number of hydrogen-bond acceptors (Lipinski definition) is 10. The fourth-order valence-electron chi connectivity index (χ4n) is 2.64. The van der Waals surface area contributed by atoms with Crippen molar-refractivity contribution in [1.29, 1.82) is 0 Å². The van der Waals surface area contributed by atoms with Crippen LogP contribution in [0.25, 0.3) is 11.5 Å². The molecule has 158 valence electrons. The van der Waals surface area contributed by atoms with Gasteiger partial charge in [0.15, 0.2) is 5.78 Å². The molecule has 3 rings (SSSR count). The SMILES string of the molecule is COc1cc(OC)cc(-c2nnc(SCC(=O)c3c(N)n(C)c(=O)n(C)c3=O)o2)c1. The second-order valence-corrected chi connectivity index (χ2v) is 7.08. The summed E-state index contributed by atoms with van der Waals surface area (Å²) in [6.07, 6.45) is 0. The molecule has 0 aliphatic rings. The lowest BCUT2D eigenvalue weighted by molar-refractivity contribution is 0.102. The van der Waals surface area contributed by atoms with E-state index < -0.39 is 17.0 Å². The molecular formula is C18H19N5O6S. The maximum Gasteiger partial charge on any atom is 0.332 e. The second-order valence-electron chi connectivity index (χ2n) is 6.15. The quantitative estimate of drug-likeness (QED) is 0.418. The van der Waals surface area contributed by atoms with Crippen molar-refractivity contribution in [3.8, 4) is 23.0 Å².